The first-order valence-corrected chi connectivity index (χ1v) is 6.54. The number of hydrogen-bond acceptors (Lipinski definition) is 2. The fourth-order valence-electron chi connectivity index (χ4n) is 1.58. The van der Waals surface area contributed by atoms with Crippen LogP contribution in [0.3, 0.4) is 0 Å². The van der Waals surface area contributed by atoms with Crippen molar-refractivity contribution < 1.29 is 0 Å². The lowest BCUT2D eigenvalue weighted by Crippen LogP contribution is -2.22. The van der Waals surface area contributed by atoms with Crippen LogP contribution in [0.4, 0.5) is 0 Å². The highest BCUT2D eigenvalue weighted by atomic mass is 35.5. The molecule has 18 heavy (non-hydrogen) atoms. The van der Waals surface area contributed by atoms with E-state index in [-0.39, 0.29) is 0 Å². The van der Waals surface area contributed by atoms with Gasteiger partial charge < -0.3 is 5.32 Å². The van der Waals surface area contributed by atoms with Crippen molar-refractivity contribution in [2.45, 2.75) is 26.4 Å². The molecule has 1 aromatic heterocycles. The molecule has 0 radical (unpaired) electrons. The first kappa shape index (κ1) is 13.4. The normalized spacial score (nSPS) is 11.2. The number of hydrogen-bond donors (Lipinski definition) is 1. The van der Waals surface area contributed by atoms with Crippen LogP contribution >= 0.6 is 23.2 Å². The average Bonchev–Trinajstić information content (AvgIpc) is 2.74. The van der Waals surface area contributed by atoms with Crippen LogP contribution in [0.15, 0.2) is 30.6 Å². The summed E-state index contributed by atoms with van der Waals surface area (Å²) in [4.78, 5) is 0. The van der Waals surface area contributed by atoms with Crippen molar-refractivity contribution in [2.75, 3.05) is 0 Å². The molecule has 0 bridgehead atoms. The van der Waals surface area contributed by atoms with Gasteiger partial charge in [0.25, 0.3) is 0 Å². The van der Waals surface area contributed by atoms with E-state index < -0.39 is 0 Å². The number of nitrogens with one attached hydrogen (secondary N) is 1. The first-order chi connectivity index (χ1) is 8.56. The van der Waals surface area contributed by atoms with E-state index in [4.69, 9.17) is 23.2 Å². The lowest BCUT2D eigenvalue weighted by Gasteiger charge is -2.10. The van der Waals surface area contributed by atoms with Crippen molar-refractivity contribution in [1.82, 2.24) is 15.1 Å². The van der Waals surface area contributed by atoms with Crippen LogP contribution in [0.5, 0.6) is 0 Å². The van der Waals surface area contributed by atoms with E-state index in [2.05, 4.69) is 24.3 Å². The fraction of sp³-hybridized carbons (Fsp3) is 0.308. The minimum atomic E-state index is 0.436. The van der Waals surface area contributed by atoms with Crippen LogP contribution < -0.4 is 5.32 Å². The third-order valence-corrected chi connectivity index (χ3v) is 3.10. The van der Waals surface area contributed by atoms with Crippen LogP contribution in [-0.4, -0.2) is 15.8 Å². The molecule has 0 atom stereocenters. The van der Waals surface area contributed by atoms with Crippen molar-refractivity contribution in [3.05, 3.63) is 46.2 Å². The molecule has 0 aliphatic rings. The standard InChI is InChI=1S/C13H15Cl2N3/c1-9(2)16-6-10-3-4-12(5-13(10)15)18-8-11(14)7-17-18/h3-5,7-9,16H,6H2,1-2H3. The topological polar surface area (TPSA) is 29.9 Å². The monoisotopic (exact) mass is 283 g/mol. The van der Waals surface area contributed by atoms with Crippen LogP contribution in [0, 0.1) is 0 Å². The van der Waals surface area contributed by atoms with Crippen molar-refractivity contribution in [1.29, 1.82) is 0 Å². The summed E-state index contributed by atoms with van der Waals surface area (Å²) >= 11 is 12.1. The van der Waals surface area contributed by atoms with E-state index in [9.17, 15) is 0 Å². The lowest BCUT2D eigenvalue weighted by molar-refractivity contribution is 0.589. The van der Waals surface area contributed by atoms with E-state index in [1.807, 2.05) is 18.2 Å². The second kappa shape index (κ2) is 5.74. The maximum Gasteiger partial charge on any atom is 0.0790 e. The van der Waals surface area contributed by atoms with Gasteiger partial charge in [0.1, 0.15) is 0 Å². The number of halogens is 2. The van der Waals surface area contributed by atoms with Gasteiger partial charge in [-0.1, -0.05) is 43.1 Å². The van der Waals surface area contributed by atoms with Gasteiger partial charge in [0.2, 0.25) is 0 Å². The fourth-order valence-corrected chi connectivity index (χ4v) is 1.96. The highest BCUT2D eigenvalue weighted by Crippen LogP contribution is 2.21. The van der Waals surface area contributed by atoms with E-state index in [0.717, 1.165) is 22.8 Å². The molecule has 0 saturated heterocycles. The molecular formula is C13H15Cl2N3. The first-order valence-electron chi connectivity index (χ1n) is 5.78. The third-order valence-electron chi connectivity index (χ3n) is 2.55. The Morgan fingerprint density at radius 1 is 1.33 bits per heavy atom. The molecular weight excluding hydrogens is 269 g/mol. The Morgan fingerprint density at radius 3 is 2.67 bits per heavy atom. The summed E-state index contributed by atoms with van der Waals surface area (Å²) in [7, 11) is 0. The van der Waals surface area contributed by atoms with Crippen LogP contribution in [0.25, 0.3) is 5.69 Å². The van der Waals surface area contributed by atoms with E-state index >= 15 is 0 Å². The van der Waals surface area contributed by atoms with E-state index in [1.54, 1.807) is 17.1 Å². The van der Waals surface area contributed by atoms with Gasteiger partial charge in [0.05, 0.1) is 16.9 Å². The SMILES string of the molecule is CC(C)NCc1ccc(-n2cc(Cl)cn2)cc1Cl. The minimum Gasteiger partial charge on any atom is -0.310 e. The quantitative estimate of drug-likeness (QED) is 0.928. The molecule has 0 aliphatic carbocycles. The highest BCUT2D eigenvalue weighted by molar-refractivity contribution is 6.31. The molecule has 0 unspecified atom stereocenters. The van der Waals surface area contributed by atoms with Gasteiger partial charge in [0, 0.05) is 23.8 Å². The Labute approximate surface area is 117 Å². The molecule has 0 aliphatic heterocycles. The van der Waals surface area contributed by atoms with Crippen molar-refractivity contribution in [3.8, 4) is 5.69 Å². The summed E-state index contributed by atoms with van der Waals surface area (Å²) in [5.41, 5.74) is 1.98. The molecule has 2 rings (SSSR count). The highest BCUT2D eigenvalue weighted by Gasteiger charge is 2.05. The maximum atomic E-state index is 6.26. The zero-order chi connectivity index (χ0) is 13.1. The van der Waals surface area contributed by atoms with Crippen molar-refractivity contribution in [3.63, 3.8) is 0 Å². The number of benzene rings is 1. The Hall–Kier alpha value is -1.03. The van der Waals surface area contributed by atoms with Gasteiger partial charge in [-0.05, 0) is 17.7 Å². The van der Waals surface area contributed by atoms with Crippen LogP contribution in [0.2, 0.25) is 10.0 Å². The Balaban J connectivity index is 2.19. The van der Waals surface area contributed by atoms with E-state index in [0.29, 0.717) is 11.1 Å². The van der Waals surface area contributed by atoms with Gasteiger partial charge in [-0.25, -0.2) is 4.68 Å². The zero-order valence-corrected chi connectivity index (χ0v) is 11.8. The van der Waals surface area contributed by atoms with Crippen LogP contribution in [-0.2, 0) is 6.54 Å². The molecule has 1 N–H and O–H groups in total. The number of rotatable bonds is 4. The molecule has 0 spiro atoms. The molecule has 1 aromatic carbocycles. The largest absolute Gasteiger partial charge is 0.310 e. The van der Waals surface area contributed by atoms with Gasteiger partial charge in [-0.3, -0.25) is 0 Å². The van der Waals surface area contributed by atoms with Crippen LogP contribution in [0.1, 0.15) is 19.4 Å². The smallest absolute Gasteiger partial charge is 0.0790 e. The Bertz CT molecular complexity index is 535. The molecule has 5 heteroatoms. The Kier molecular flexibility index (Phi) is 4.27. The maximum absolute atomic E-state index is 6.26. The predicted molar refractivity (Wildman–Crippen MR) is 75.6 cm³/mol. The molecule has 0 saturated carbocycles. The predicted octanol–water partition coefficient (Wildman–Crippen LogP) is 3.68. The summed E-state index contributed by atoms with van der Waals surface area (Å²) in [6.45, 7) is 4.97. The number of nitrogens with zero attached hydrogens (tertiary/aromatic N) is 2. The third kappa shape index (κ3) is 3.25. The van der Waals surface area contributed by atoms with Crippen molar-refractivity contribution >= 4 is 23.2 Å². The second-order valence-electron chi connectivity index (χ2n) is 4.41. The molecule has 0 amide bonds. The molecule has 1 heterocycles. The van der Waals surface area contributed by atoms with E-state index in [1.165, 1.54) is 0 Å². The summed E-state index contributed by atoms with van der Waals surface area (Å²) in [6.07, 6.45) is 3.35. The number of aromatic nitrogens is 2. The van der Waals surface area contributed by atoms with Gasteiger partial charge in [0.15, 0.2) is 0 Å². The second-order valence-corrected chi connectivity index (χ2v) is 5.26. The average molecular weight is 284 g/mol. The minimum absolute atomic E-state index is 0.436. The lowest BCUT2D eigenvalue weighted by atomic mass is 10.2. The molecule has 96 valence electrons. The van der Waals surface area contributed by atoms with Gasteiger partial charge in [-0.2, -0.15) is 5.10 Å². The Morgan fingerprint density at radius 2 is 2.11 bits per heavy atom. The summed E-state index contributed by atoms with van der Waals surface area (Å²) < 4.78 is 1.70. The zero-order valence-electron chi connectivity index (χ0n) is 10.3. The summed E-state index contributed by atoms with van der Waals surface area (Å²) in [6, 6.07) is 6.31. The molecule has 3 nitrogen and oxygen atoms in total. The van der Waals surface area contributed by atoms with Crippen molar-refractivity contribution in [2.24, 2.45) is 0 Å². The van der Waals surface area contributed by atoms with Gasteiger partial charge in [-0.15, -0.1) is 0 Å². The summed E-state index contributed by atoms with van der Waals surface area (Å²) in [5.74, 6) is 0. The summed E-state index contributed by atoms with van der Waals surface area (Å²) in [5, 5.41) is 8.82. The molecule has 2 aromatic rings. The van der Waals surface area contributed by atoms with Gasteiger partial charge >= 0.3 is 0 Å². The molecule has 0 fully saturated rings.